The first kappa shape index (κ1) is 13.0. The molecule has 1 heterocycles. The fraction of sp³-hybridized carbons (Fsp3) is 0.286. The van der Waals surface area contributed by atoms with Crippen LogP contribution in [-0.2, 0) is 6.42 Å². The SMILES string of the molecule is Cc1nc(Cc2cccc(Cl)c2)ncc1[C@@H](C)N. The average Bonchev–Trinajstić information content (AvgIpc) is 2.28. The maximum atomic E-state index is 5.95. The highest BCUT2D eigenvalue weighted by Gasteiger charge is 2.07. The van der Waals surface area contributed by atoms with E-state index < -0.39 is 0 Å². The number of hydrogen-bond donors (Lipinski definition) is 1. The maximum Gasteiger partial charge on any atom is 0.132 e. The van der Waals surface area contributed by atoms with Crippen molar-refractivity contribution in [3.63, 3.8) is 0 Å². The largest absolute Gasteiger partial charge is 0.324 e. The van der Waals surface area contributed by atoms with Crippen molar-refractivity contribution in [2.45, 2.75) is 26.3 Å². The van der Waals surface area contributed by atoms with Crippen LogP contribution in [0.15, 0.2) is 30.5 Å². The van der Waals surface area contributed by atoms with Crippen molar-refractivity contribution in [2.75, 3.05) is 0 Å². The molecule has 18 heavy (non-hydrogen) atoms. The molecule has 1 aromatic heterocycles. The molecular formula is C14H16ClN3. The van der Waals surface area contributed by atoms with E-state index in [1.54, 1.807) is 0 Å². The van der Waals surface area contributed by atoms with Crippen LogP contribution in [-0.4, -0.2) is 9.97 Å². The molecule has 2 aromatic rings. The number of rotatable bonds is 3. The Morgan fingerprint density at radius 2 is 2.17 bits per heavy atom. The molecule has 0 radical (unpaired) electrons. The minimum Gasteiger partial charge on any atom is -0.324 e. The number of nitrogens with zero attached hydrogens (tertiary/aromatic N) is 2. The van der Waals surface area contributed by atoms with E-state index in [2.05, 4.69) is 9.97 Å². The maximum absolute atomic E-state index is 5.95. The molecule has 3 nitrogen and oxygen atoms in total. The van der Waals surface area contributed by atoms with Gasteiger partial charge in [0.2, 0.25) is 0 Å². The zero-order valence-electron chi connectivity index (χ0n) is 10.5. The lowest BCUT2D eigenvalue weighted by Gasteiger charge is -2.09. The van der Waals surface area contributed by atoms with Gasteiger partial charge in [-0.25, -0.2) is 9.97 Å². The number of hydrogen-bond acceptors (Lipinski definition) is 3. The van der Waals surface area contributed by atoms with Gasteiger partial charge in [0.15, 0.2) is 0 Å². The molecule has 0 aliphatic heterocycles. The van der Waals surface area contributed by atoms with E-state index in [0.29, 0.717) is 6.42 Å². The quantitative estimate of drug-likeness (QED) is 0.924. The molecule has 1 atom stereocenters. The summed E-state index contributed by atoms with van der Waals surface area (Å²) in [7, 11) is 0. The number of aryl methyl sites for hydroxylation is 1. The van der Waals surface area contributed by atoms with E-state index in [1.165, 1.54) is 0 Å². The highest BCUT2D eigenvalue weighted by atomic mass is 35.5. The smallest absolute Gasteiger partial charge is 0.132 e. The Morgan fingerprint density at radius 1 is 1.39 bits per heavy atom. The van der Waals surface area contributed by atoms with Gasteiger partial charge < -0.3 is 5.73 Å². The Kier molecular flexibility index (Phi) is 3.94. The summed E-state index contributed by atoms with van der Waals surface area (Å²) in [6.07, 6.45) is 2.49. The third-order valence-electron chi connectivity index (χ3n) is 2.81. The molecule has 0 fully saturated rings. The van der Waals surface area contributed by atoms with Gasteiger partial charge in [-0.15, -0.1) is 0 Å². The zero-order valence-corrected chi connectivity index (χ0v) is 11.3. The van der Waals surface area contributed by atoms with Crippen molar-refractivity contribution in [3.05, 3.63) is 58.1 Å². The molecular weight excluding hydrogens is 246 g/mol. The molecule has 0 saturated heterocycles. The molecule has 2 rings (SSSR count). The van der Waals surface area contributed by atoms with Crippen LogP contribution < -0.4 is 5.73 Å². The summed E-state index contributed by atoms with van der Waals surface area (Å²) >= 11 is 5.95. The second-order valence-corrected chi connectivity index (χ2v) is 4.86. The topological polar surface area (TPSA) is 51.8 Å². The molecule has 94 valence electrons. The van der Waals surface area contributed by atoms with Gasteiger partial charge in [0.05, 0.1) is 0 Å². The molecule has 4 heteroatoms. The molecule has 2 N–H and O–H groups in total. The van der Waals surface area contributed by atoms with E-state index in [4.69, 9.17) is 17.3 Å². The molecule has 0 aliphatic rings. The van der Waals surface area contributed by atoms with Gasteiger partial charge in [-0.1, -0.05) is 23.7 Å². The fourth-order valence-electron chi connectivity index (χ4n) is 1.89. The van der Waals surface area contributed by atoms with Crippen LogP contribution in [0.3, 0.4) is 0 Å². The lowest BCUT2D eigenvalue weighted by molar-refractivity contribution is 0.777. The van der Waals surface area contributed by atoms with Crippen LogP contribution >= 0.6 is 11.6 Å². The van der Waals surface area contributed by atoms with Crippen LogP contribution in [0.2, 0.25) is 5.02 Å². The Bertz CT molecular complexity index is 552. The minimum absolute atomic E-state index is 0.0368. The summed E-state index contributed by atoms with van der Waals surface area (Å²) in [5.74, 6) is 0.791. The van der Waals surface area contributed by atoms with Crippen molar-refractivity contribution in [2.24, 2.45) is 5.73 Å². The zero-order chi connectivity index (χ0) is 13.1. The summed E-state index contributed by atoms with van der Waals surface area (Å²) in [5, 5.41) is 0.733. The molecule has 0 amide bonds. The lowest BCUT2D eigenvalue weighted by atomic mass is 10.1. The van der Waals surface area contributed by atoms with Crippen molar-refractivity contribution in [1.29, 1.82) is 0 Å². The standard InChI is InChI=1S/C14H16ClN3/c1-9(16)13-8-17-14(18-10(13)2)7-11-4-3-5-12(15)6-11/h3-6,8-9H,7,16H2,1-2H3/t9-/m1/s1. The molecule has 0 saturated carbocycles. The van der Waals surface area contributed by atoms with E-state index in [-0.39, 0.29) is 6.04 Å². The van der Waals surface area contributed by atoms with E-state index >= 15 is 0 Å². The second-order valence-electron chi connectivity index (χ2n) is 4.42. The summed E-state index contributed by atoms with van der Waals surface area (Å²) < 4.78 is 0. The van der Waals surface area contributed by atoms with Crippen molar-refractivity contribution in [3.8, 4) is 0 Å². The lowest BCUT2D eigenvalue weighted by Crippen LogP contribution is -2.10. The Morgan fingerprint density at radius 3 is 2.78 bits per heavy atom. The predicted octanol–water partition coefficient (Wildman–Crippen LogP) is 3.05. The van der Waals surface area contributed by atoms with E-state index in [1.807, 2.05) is 44.3 Å². The highest BCUT2D eigenvalue weighted by molar-refractivity contribution is 6.30. The monoisotopic (exact) mass is 261 g/mol. The van der Waals surface area contributed by atoms with Gasteiger partial charge in [-0.3, -0.25) is 0 Å². The molecule has 0 unspecified atom stereocenters. The van der Waals surface area contributed by atoms with Gasteiger partial charge in [0.25, 0.3) is 0 Å². The summed E-state index contributed by atoms with van der Waals surface area (Å²) in [4.78, 5) is 8.84. The van der Waals surface area contributed by atoms with Gasteiger partial charge in [0.1, 0.15) is 5.82 Å². The van der Waals surface area contributed by atoms with Gasteiger partial charge in [0, 0.05) is 34.9 Å². The Hall–Kier alpha value is -1.45. The second kappa shape index (κ2) is 5.46. The van der Waals surface area contributed by atoms with Crippen molar-refractivity contribution in [1.82, 2.24) is 9.97 Å². The summed E-state index contributed by atoms with van der Waals surface area (Å²) in [6.45, 7) is 3.89. The highest BCUT2D eigenvalue weighted by Crippen LogP contribution is 2.15. The van der Waals surface area contributed by atoms with Gasteiger partial charge in [-0.2, -0.15) is 0 Å². The van der Waals surface area contributed by atoms with Crippen molar-refractivity contribution < 1.29 is 0 Å². The molecule has 0 bridgehead atoms. The first-order valence-corrected chi connectivity index (χ1v) is 6.26. The first-order chi connectivity index (χ1) is 8.56. The Balaban J connectivity index is 2.23. The summed E-state index contributed by atoms with van der Waals surface area (Å²) in [6, 6.07) is 7.70. The predicted molar refractivity (Wildman–Crippen MR) is 73.6 cm³/mol. The summed E-state index contributed by atoms with van der Waals surface area (Å²) in [5.41, 5.74) is 8.88. The van der Waals surface area contributed by atoms with Gasteiger partial charge in [-0.05, 0) is 31.5 Å². The van der Waals surface area contributed by atoms with Crippen LogP contribution in [0.25, 0.3) is 0 Å². The fourth-order valence-corrected chi connectivity index (χ4v) is 2.10. The normalized spacial score (nSPS) is 12.4. The van der Waals surface area contributed by atoms with E-state index in [9.17, 15) is 0 Å². The molecule has 0 spiro atoms. The number of halogens is 1. The van der Waals surface area contributed by atoms with Crippen LogP contribution in [0, 0.1) is 6.92 Å². The third-order valence-corrected chi connectivity index (χ3v) is 3.04. The number of aromatic nitrogens is 2. The van der Waals surface area contributed by atoms with E-state index in [0.717, 1.165) is 27.7 Å². The van der Waals surface area contributed by atoms with Crippen LogP contribution in [0.4, 0.5) is 0 Å². The minimum atomic E-state index is -0.0368. The third kappa shape index (κ3) is 3.06. The van der Waals surface area contributed by atoms with Crippen LogP contribution in [0.5, 0.6) is 0 Å². The number of benzene rings is 1. The van der Waals surface area contributed by atoms with Gasteiger partial charge >= 0.3 is 0 Å². The molecule has 1 aromatic carbocycles. The average molecular weight is 262 g/mol. The molecule has 0 aliphatic carbocycles. The number of nitrogens with two attached hydrogens (primary N) is 1. The Labute approximate surface area is 112 Å². The first-order valence-electron chi connectivity index (χ1n) is 5.88. The van der Waals surface area contributed by atoms with Crippen molar-refractivity contribution >= 4 is 11.6 Å². The van der Waals surface area contributed by atoms with Crippen LogP contribution in [0.1, 0.15) is 35.6 Å².